The third-order valence-corrected chi connectivity index (χ3v) is 4.01. The van der Waals surface area contributed by atoms with Crippen LogP contribution in [0.15, 0.2) is 11.6 Å². The van der Waals surface area contributed by atoms with E-state index in [9.17, 15) is 14.7 Å². The lowest BCUT2D eigenvalue weighted by Gasteiger charge is -2.12. The van der Waals surface area contributed by atoms with Gasteiger partial charge in [-0.05, 0) is 26.2 Å². The average molecular weight is 357 g/mol. The molecule has 0 amide bonds. The molecule has 5 nitrogen and oxygen atoms in total. The molecule has 0 radical (unpaired) electrons. The van der Waals surface area contributed by atoms with Gasteiger partial charge in [-0.2, -0.15) is 0 Å². The number of rotatable bonds is 14. The molecule has 1 atom stereocenters. The largest absolute Gasteiger partial charge is 0.463 e. The Balaban J connectivity index is 3.56. The van der Waals surface area contributed by atoms with Crippen LogP contribution in [0, 0.1) is 5.92 Å². The Hall–Kier alpha value is -1.36. The fraction of sp³-hybridized carbons (Fsp3) is 0.800. The summed E-state index contributed by atoms with van der Waals surface area (Å²) in [5.74, 6) is -0.00290. The monoisotopic (exact) mass is 356 g/mol. The second-order valence-corrected chi connectivity index (χ2v) is 6.96. The Kier molecular flexibility index (Phi) is 14.1. The smallest absolute Gasteiger partial charge is 0.333 e. The first-order valence-electron chi connectivity index (χ1n) is 9.50. The van der Waals surface area contributed by atoms with Gasteiger partial charge in [-0.15, -0.1) is 0 Å². The van der Waals surface area contributed by atoms with Crippen molar-refractivity contribution in [3.8, 4) is 0 Å². The summed E-state index contributed by atoms with van der Waals surface area (Å²) >= 11 is 0. The molecule has 146 valence electrons. The van der Waals surface area contributed by atoms with E-state index in [0.29, 0.717) is 12.0 Å². The van der Waals surface area contributed by atoms with Crippen LogP contribution in [0.2, 0.25) is 0 Å². The first-order chi connectivity index (χ1) is 11.9. The molecule has 0 saturated carbocycles. The predicted molar refractivity (Wildman–Crippen MR) is 99.1 cm³/mol. The molecule has 0 aromatic carbocycles. The highest BCUT2D eigenvalue weighted by atomic mass is 16.6. The lowest BCUT2D eigenvalue weighted by Crippen LogP contribution is -2.25. The molecule has 5 heteroatoms. The van der Waals surface area contributed by atoms with Crippen molar-refractivity contribution in [3.63, 3.8) is 0 Å². The lowest BCUT2D eigenvalue weighted by atomic mass is 10.0. The summed E-state index contributed by atoms with van der Waals surface area (Å²) in [6.45, 7) is 7.55. The van der Waals surface area contributed by atoms with Gasteiger partial charge in [0.05, 0.1) is 0 Å². The van der Waals surface area contributed by atoms with E-state index in [0.717, 1.165) is 25.2 Å². The number of aliphatic hydroxyl groups is 1. The third-order valence-electron chi connectivity index (χ3n) is 4.01. The first kappa shape index (κ1) is 23.6. The minimum Gasteiger partial charge on any atom is -0.463 e. The normalized spacial score (nSPS) is 13.0. The summed E-state index contributed by atoms with van der Waals surface area (Å²) in [4.78, 5) is 23.0. The van der Waals surface area contributed by atoms with Gasteiger partial charge in [0, 0.05) is 12.0 Å². The van der Waals surface area contributed by atoms with Crippen molar-refractivity contribution in [1.29, 1.82) is 0 Å². The molecule has 0 aliphatic heterocycles. The number of hydrogen-bond acceptors (Lipinski definition) is 5. The van der Waals surface area contributed by atoms with Crippen molar-refractivity contribution in [1.82, 2.24) is 0 Å². The van der Waals surface area contributed by atoms with Gasteiger partial charge in [0.2, 0.25) is 0 Å². The number of ether oxygens (including phenoxy) is 2. The van der Waals surface area contributed by atoms with E-state index in [4.69, 9.17) is 9.47 Å². The molecule has 0 aromatic rings. The van der Waals surface area contributed by atoms with Crippen LogP contribution in [0.5, 0.6) is 0 Å². The van der Waals surface area contributed by atoms with Gasteiger partial charge >= 0.3 is 11.9 Å². The van der Waals surface area contributed by atoms with E-state index < -0.39 is 12.1 Å². The van der Waals surface area contributed by atoms with Gasteiger partial charge in [-0.25, -0.2) is 4.79 Å². The SMILES string of the molecule is C/C=C(/C)C(=O)OC[C@@H](O)COC(=O)CCCCCCCCC(C)C. The van der Waals surface area contributed by atoms with Crippen molar-refractivity contribution in [2.45, 2.75) is 85.2 Å². The molecule has 0 heterocycles. The van der Waals surface area contributed by atoms with Crippen LogP contribution in [0.4, 0.5) is 0 Å². The van der Waals surface area contributed by atoms with E-state index in [1.165, 1.54) is 25.7 Å². The minimum atomic E-state index is -0.987. The molecular formula is C20H36O5. The van der Waals surface area contributed by atoms with Crippen LogP contribution in [0.25, 0.3) is 0 Å². The van der Waals surface area contributed by atoms with Crippen LogP contribution in [-0.4, -0.2) is 36.4 Å². The van der Waals surface area contributed by atoms with Crippen molar-refractivity contribution < 1.29 is 24.2 Å². The maximum atomic E-state index is 11.6. The summed E-state index contributed by atoms with van der Waals surface area (Å²) in [5.41, 5.74) is 0.480. The average Bonchev–Trinajstić information content (AvgIpc) is 2.58. The number of carbonyl (C=O) groups is 2. The summed E-state index contributed by atoms with van der Waals surface area (Å²) in [6.07, 6.45) is 9.07. The minimum absolute atomic E-state index is 0.143. The van der Waals surface area contributed by atoms with Crippen LogP contribution < -0.4 is 0 Å². The number of aliphatic hydroxyl groups excluding tert-OH is 1. The van der Waals surface area contributed by atoms with E-state index in [-0.39, 0.29) is 19.2 Å². The van der Waals surface area contributed by atoms with Crippen LogP contribution in [0.3, 0.4) is 0 Å². The fourth-order valence-corrected chi connectivity index (χ4v) is 2.24. The molecule has 25 heavy (non-hydrogen) atoms. The second kappa shape index (κ2) is 14.9. The quantitative estimate of drug-likeness (QED) is 0.287. The zero-order valence-electron chi connectivity index (χ0n) is 16.4. The highest BCUT2D eigenvalue weighted by Crippen LogP contribution is 2.12. The van der Waals surface area contributed by atoms with E-state index in [1.807, 2.05) is 0 Å². The molecule has 0 unspecified atom stereocenters. The Morgan fingerprint density at radius 1 is 0.960 bits per heavy atom. The maximum absolute atomic E-state index is 11.6. The van der Waals surface area contributed by atoms with E-state index >= 15 is 0 Å². The molecule has 1 N–H and O–H groups in total. The Bertz CT molecular complexity index is 401. The number of allylic oxidation sites excluding steroid dienone is 1. The fourth-order valence-electron chi connectivity index (χ4n) is 2.24. The Labute approximate surface area is 152 Å². The Morgan fingerprint density at radius 3 is 2.12 bits per heavy atom. The van der Waals surface area contributed by atoms with Crippen molar-refractivity contribution in [2.75, 3.05) is 13.2 Å². The summed E-state index contributed by atoms with van der Waals surface area (Å²) in [5, 5.41) is 9.66. The summed E-state index contributed by atoms with van der Waals surface area (Å²) < 4.78 is 9.90. The first-order valence-corrected chi connectivity index (χ1v) is 9.50. The number of carbonyl (C=O) groups excluding carboxylic acids is 2. The standard InChI is InChI=1S/C20H36O5/c1-5-17(4)20(23)25-15-18(21)14-24-19(22)13-11-9-7-6-8-10-12-16(2)3/h5,16,18,21H,6-15H2,1-4H3/b17-5-/t18-/m0/s1. The third kappa shape index (κ3) is 14.7. The molecule has 0 bridgehead atoms. The molecule has 0 saturated heterocycles. The van der Waals surface area contributed by atoms with Gasteiger partial charge in [-0.3, -0.25) is 4.79 Å². The Morgan fingerprint density at radius 2 is 1.52 bits per heavy atom. The van der Waals surface area contributed by atoms with Crippen LogP contribution in [0.1, 0.15) is 79.1 Å². The molecule has 0 aliphatic rings. The van der Waals surface area contributed by atoms with Crippen LogP contribution >= 0.6 is 0 Å². The highest BCUT2D eigenvalue weighted by Gasteiger charge is 2.12. The highest BCUT2D eigenvalue weighted by molar-refractivity contribution is 5.87. The lowest BCUT2D eigenvalue weighted by molar-refractivity contribution is -0.150. The van der Waals surface area contributed by atoms with Crippen molar-refractivity contribution >= 4 is 11.9 Å². The molecule has 0 aliphatic carbocycles. The number of unbranched alkanes of at least 4 members (excludes halogenated alkanes) is 5. The summed E-state index contributed by atoms with van der Waals surface area (Å²) in [7, 11) is 0. The van der Waals surface area contributed by atoms with Crippen molar-refractivity contribution in [2.24, 2.45) is 5.92 Å². The molecule has 0 fully saturated rings. The maximum Gasteiger partial charge on any atom is 0.333 e. The van der Waals surface area contributed by atoms with Crippen LogP contribution in [-0.2, 0) is 19.1 Å². The van der Waals surface area contributed by atoms with Gasteiger partial charge in [-0.1, -0.05) is 58.4 Å². The zero-order valence-corrected chi connectivity index (χ0v) is 16.4. The van der Waals surface area contributed by atoms with E-state index in [2.05, 4.69) is 13.8 Å². The summed E-state index contributed by atoms with van der Waals surface area (Å²) in [6, 6.07) is 0. The molecule has 0 rings (SSSR count). The number of hydrogen-bond donors (Lipinski definition) is 1. The van der Waals surface area contributed by atoms with E-state index in [1.54, 1.807) is 19.9 Å². The second-order valence-electron chi connectivity index (χ2n) is 6.96. The predicted octanol–water partition coefficient (Wildman–Crippen LogP) is 4.18. The van der Waals surface area contributed by atoms with Gasteiger partial charge in [0.15, 0.2) is 0 Å². The zero-order chi connectivity index (χ0) is 19.1. The number of esters is 2. The van der Waals surface area contributed by atoms with Gasteiger partial charge in [0.25, 0.3) is 0 Å². The topological polar surface area (TPSA) is 72.8 Å². The molecular weight excluding hydrogens is 320 g/mol. The van der Waals surface area contributed by atoms with Gasteiger partial charge < -0.3 is 14.6 Å². The molecule has 0 spiro atoms. The van der Waals surface area contributed by atoms with Gasteiger partial charge in [0.1, 0.15) is 19.3 Å². The molecule has 0 aromatic heterocycles. The van der Waals surface area contributed by atoms with Crippen molar-refractivity contribution in [3.05, 3.63) is 11.6 Å².